The number of hydrogen-bond acceptors (Lipinski definition) is 2. The molecular weight excluding hydrogens is 248 g/mol. The Morgan fingerprint density at radius 3 is 1.80 bits per heavy atom. The molecule has 3 heteroatoms. The Bertz CT molecular complexity index is 207. The first-order valence-electron chi connectivity index (χ1n) is 8.74. The molecule has 0 unspecified atom stereocenters. The largest absolute Gasteiger partial charge is 0.342 e. The molecule has 0 heterocycles. The zero-order valence-corrected chi connectivity index (χ0v) is 14.0. The third kappa shape index (κ3) is 11.3. The van der Waals surface area contributed by atoms with Gasteiger partial charge in [-0.25, -0.2) is 0 Å². The van der Waals surface area contributed by atoms with E-state index in [-0.39, 0.29) is 5.91 Å². The van der Waals surface area contributed by atoms with Crippen molar-refractivity contribution in [2.24, 2.45) is 0 Å². The number of hydrogen-bond donors (Lipinski definition) is 1. The van der Waals surface area contributed by atoms with Gasteiger partial charge in [-0.1, -0.05) is 59.3 Å². The van der Waals surface area contributed by atoms with Gasteiger partial charge in [0.25, 0.3) is 0 Å². The van der Waals surface area contributed by atoms with Crippen LogP contribution < -0.4 is 5.32 Å². The quantitative estimate of drug-likeness (QED) is 0.489. The molecule has 0 aromatic carbocycles. The third-order valence-corrected chi connectivity index (χ3v) is 3.62. The average molecular weight is 284 g/mol. The van der Waals surface area contributed by atoms with Crippen LogP contribution in [0.15, 0.2) is 0 Å². The van der Waals surface area contributed by atoms with Gasteiger partial charge in [-0.15, -0.1) is 0 Å². The van der Waals surface area contributed by atoms with Crippen molar-refractivity contribution in [2.45, 2.75) is 78.6 Å². The van der Waals surface area contributed by atoms with E-state index in [2.05, 4.69) is 31.0 Å². The Hall–Kier alpha value is -0.570. The van der Waals surface area contributed by atoms with Crippen molar-refractivity contribution < 1.29 is 4.79 Å². The summed E-state index contributed by atoms with van der Waals surface area (Å²) in [6.07, 6.45) is 11.0. The van der Waals surface area contributed by atoms with Gasteiger partial charge in [-0.3, -0.25) is 4.79 Å². The number of nitrogens with zero attached hydrogens (tertiary/aromatic N) is 1. The number of carbonyl (C=O) groups excluding carboxylic acids is 1. The van der Waals surface area contributed by atoms with Crippen LogP contribution in [0.1, 0.15) is 78.6 Å². The second kappa shape index (κ2) is 14.8. The summed E-state index contributed by atoms with van der Waals surface area (Å²) in [5, 5.41) is 3.23. The zero-order chi connectivity index (χ0) is 15.1. The second-order valence-corrected chi connectivity index (χ2v) is 5.68. The minimum absolute atomic E-state index is 0.284. The lowest BCUT2D eigenvalue weighted by molar-refractivity contribution is -0.130. The maximum Gasteiger partial charge on any atom is 0.236 e. The van der Waals surface area contributed by atoms with Crippen LogP contribution in [-0.2, 0) is 4.79 Å². The molecule has 0 aliphatic heterocycles. The minimum Gasteiger partial charge on any atom is -0.342 e. The van der Waals surface area contributed by atoms with E-state index in [0.29, 0.717) is 6.54 Å². The molecule has 0 aromatic heterocycles. The van der Waals surface area contributed by atoms with E-state index in [0.717, 1.165) is 38.9 Å². The van der Waals surface area contributed by atoms with Crippen molar-refractivity contribution >= 4 is 5.91 Å². The van der Waals surface area contributed by atoms with Gasteiger partial charge in [-0.05, 0) is 25.8 Å². The molecule has 0 spiro atoms. The lowest BCUT2D eigenvalue weighted by Gasteiger charge is -2.23. The number of rotatable bonds is 14. The highest BCUT2D eigenvalue weighted by atomic mass is 16.2. The van der Waals surface area contributed by atoms with E-state index in [1.54, 1.807) is 0 Å². The maximum absolute atomic E-state index is 12.2. The van der Waals surface area contributed by atoms with Crippen LogP contribution in [0.5, 0.6) is 0 Å². The Morgan fingerprint density at radius 2 is 1.35 bits per heavy atom. The molecule has 0 bridgehead atoms. The summed E-state index contributed by atoms with van der Waals surface area (Å²) < 4.78 is 0. The molecule has 0 radical (unpaired) electrons. The Morgan fingerprint density at radius 1 is 0.800 bits per heavy atom. The molecule has 3 nitrogen and oxygen atoms in total. The maximum atomic E-state index is 12.2. The van der Waals surface area contributed by atoms with Gasteiger partial charge in [0, 0.05) is 13.1 Å². The molecule has 20 heavy (non-hydrogen) atoms. The molecule has 1 N–H and O–H groups in total. The summed E-state index contributed by atoms with van der Waals surface area (Å²) in [5.74, 6) is 0.284. The standard InChI is InChI=1S/C17H36N2O/c1-4-7-9-11-14-19(15-12-10-8-5-2)17(20)16-18-13-6-3/h18H,4-16H2,1-3H3. The van der Waals surface area contributed by atoms with E-state index in [1.165, 1.54) is 38.5 Å². The number of unbranched alkanes of at least 4 members (excludes halogenated alkanes) is 6. The van der Waals surface area contributed by atoms with E-state index in [4.69, 9.17) is 0 Å². The summed E-state index contributed by atoms with van der Waals surface area (Å²) in [5.41, 5.74) is 0. The molecule has 0 atom stereocenters. The SMILES string of the molecule is CCCCCCN(CCCCCC)C(=O)CNCCC. The highest BCUT2D eigenvalue weighted by Crippen LogP contribution is 2.05. The van der Waals surface area contributed by atoms with E-state index in [9.17, 15) is 4.79 Å². The van der Waals surface area contributed by atoms with Crippen molar-refractivity contribution in [3.8, 4) is 0 Å². The van der Waals surface area contributed by atoms with Crippen LogP contribution in [0.4, 0.5) is 0 Å². The number of nitrogens with one attached hydrogen (secondary N) is 1. The van der Waals surface area contributed by atoms with E-state index in [1.807, 2.05) is 0 Å². The fourth-order valence-corrected chi connectivity index (χ4v) is 2.30. The topological polar surface area (TPSA) is 32.3 Å². The predicted octanol–water partition coefficient (Wildman–Crippen LogP) is 3.98. The van der Waals surface area contributed by atoms with Crippen molar-refractivity contribution in [1.82, 2.24) is 10.2 Å². The Labute approximate surface area is 126 Å². The second-order valence-electron chi connectivity index (χ2n) is 5.68. The van der Waals surface area contributed by atoms with Crippen LogP contribution in [0.3, 0.4) is 0 Å². The summed E-state index contributed by atoms with van der Waals surface area (Å²) >= 11 is 0. The summed E-state index contributed by atoms with van der Waals surface area (Å²) in [4.78, 5) is 14.3. The monoisotopic (exact) mass is 284 g/mol. The molecule has 0 fully saturated rings. The molecule has 0 rings (SSSR count). The van der Waals surface area contributed by atoms with Gasteiger partial charge in [0.1, 0.15) is 0 Å². The lowest BCUT2D eigenvalue weighted by atomic mass is 10.1. The fraction of sp³-hybridized carbons (Fsp3) is 0.941. The minimum atomic E-state index is 0.284. The third-order valence-electron chi connectivity index (χ3n) is 3.62. The van der Waals surface area contributed by atoms with E-state index < -0.39 is 0 Å². The molecule has 0 aromatic rings. The van der Waals surface area contributed by atoms with Gasteiger partial charge in [-0.2, -0.15) is 0 Å². The summed E-state index contributed by atoms with van der Waals surface area (Å²) in [6.45, 7) is 9.91. The smallest absolute Gasteiger partial charge is 0.236 e. The van der Waals surface area contributed by atoms with Crippen LogP contribution in [0.2, 0.25) is 0 Å². The van der Waals surface area contributed by atoms with Crippen LogP contribution in [0, 0.1) is 0 Å². The average Bonchev–Trinajstić information content (AvgIpc) is 2.45. The fourth-order valence-electron chi connectivity index (χ4n) is 2.30. The normalized spacial score (nSPS) is 10.8. The highest BCUT2D eigenvalue weighted by Gasteiger charge is 2.11. The van der Waals surface area contributed by atoms with Crippen LogP contribution in [-0.4, -0.2) is 37.0 Å². The van der Waals surface area contributed by atoms with E-state index >= 15 is 0 Å². The van der Waals surface area contributed by atoms with Crippen molar-refractivity contribution in [1.29, 1.82) is 0 Å². The first-order valence-corrected chi connectivity index (χ1v) is 8.74. The highest BCUT2D eigenvalue weighted by molar-refractivity contribution is 5.78. The lowest BCUT2D eigenvalue weighted by Crippen LogP contribution is -2.39. The summed E-state index contributed by atoms with van der Waals surface area (Å²) in [7, 11) is 0. The predicted molar refractivity (Wildman–Crippen MR) is 88.0 cm³/mol. The van der Waals surface area contributed by atoms with Crippen molar-refractivity contribution in [3.05, 3.63) is 0 Å². The molecule has 0 aliphatic carbocycles. The van der Waals surface area contributed by atoms with Gasteiger partial charge in [0.2, 0.25) is 5.91 Å². The van der Waals surface area contributed by atoms with Gasteiger partial charge in [0.05, 0.1) is 6.54 Å². The Balaban J connectivity index is 3.98. The molecule has 120 valence electrons. The Kier molecular flexibility index (Phi) is 14.4. The summed E-state index contributed by atoms with van der Waals surface area (Å²) in [6, 6.07) is 0. The van der Waals surface area contributed by atoms with Crippen LogP contribution >= 0.6 is 0 Å². The van der Waals surface area contributed by atoms with Crippen molar-refractivity contribution in [2.75, 3.05) is 26.2 Å². The van der Waals surface area contributed by atoms with Crippen molar-refractivity contribution in [3.63, 3.8) is 0 Å². The van der Waals surface area contributed by atoms with Crippen LogP contribution in [0.25, 0.3) is 0 Å². The zero-order valence-electron chi connectivity index (χ0n) is 14.0. The van der Waals surface area contributed by atoms with Gasteiger partial charge in [0.15, 0.2) is 0 Å². The number of carbonyl (C=O) groups is 1. The van der Waals surface area contributed by atoms with Gasteiger partial charge < -0.3 is 10.2 Å². The first kappa shape index (κ1) is 19.4. The molecular formula is C17H36N2O. The molecule has 0 saturated carbocycles. The molecule has 1 amide bonds. The first-order chi connectivity index (χ1) is 9.76. The molecule has 0 saturated heterocycles. The molecule has 0 aliphatic rings. The van der Waals surface area contributed by atoms with Gasteiger partial charge >= 0.3 is 0 Å². The number of amides is 1.